The van der Waals surface area contributed by atoms with E-state index in [0.29, 0.717) is 16.6 Å². The lowest BCUT2D eigenvalue weighted by Crippen LogP contribution is -2.26. The van der Waals surface area contributed by atoms with Gasteiger partial charge in [0.1, 0.15) is 6.10 Å². The van der Waals surface area contributed by atoms with Gasteiger partial charge in [-0.05, 0) is 31.7 Å². The zero-order valence-corrected chi connectivity index (χ0v) is 14.8. The molecule has 0 atom stereocenters. The lowest BCUT2D eigenvalue weighted by molar-refractivity contribution is 0.0237. The van der Waals surface area contributed by atoms with E-state index in [1.807, 2.05) is 0 Å². The van der Waals surface area contributed by atoms with Gasteiger partial charge in [-0.1, -0.05) is 0 Å². The molecule has 1 aliphatic heterocycles. The minimum atomic E-state index is -0.184. The van der Waals surface area contributed by atoms with E-state index >= 15 is 0 Å². The second-order valence-corrected chi connectivity index (χ2v) is 7.45. The third kappa shape index (κ3) is 3.99. The molecule has 1 fully saturated rings. The number of pyridine rings is 1. The fourth-order valence-electron chi connectivity index (χ4n) is 3.12. The molecule has 1 amide bonds. The molecule has 0 unspecified atom stereocenters. The van der Waals surface area contributed by atoms with Crippen molar-refractivity contribution in [2.75, 3.05) is 18.5 Å². The summed E-state index contributed by atoms with van der Waals surface area (Å²) < 4.78 is 11.1. The highest BCUT2D eigenvalue weighted by Gasteiger charge is 2.18. The van der Waals surface area contributed by atoms with Crippen molar-refractivity contribution in [1.29, 1.82) is 0 Å². The molecular weight excluding hydrogens is 338 g/mol. The van der Waals surface area contributed by atoms with Crippen LogP contribution in [-0.2, 0) is 17.6 Å². The van der Waals surface area contributed by atoms with Crippen molar-refractivity contribution in [3.8, 4) is 5.88 Å². The van der Waals surface area contributed by atoms with Crippen LogP contribution in [0, 0.1) is 0 Å². The Morgan fingerprint density at radius 3 is 2.84 bits per heavy atom. The van der Waals surface area contributed by atoms with E-state index in [1.54, 1.807) is 29.7 Å². The minimum Gasteiger partial charge on any atom is -0.474 e. The van der Waals surface area contributed by atoms with Gasteiger partial charge >= 0.3 is 0 Å². The number of carbonyl (C=O) groups excluding carboxylic acids is 1. The molecular formula is C18H21N3O3S. The van der Waals surface area contributed by atoms with Gasteiger partial charge < -0.3 is 9.47 Å². The molecule has 2 aromatic rings. The molecule has 0 aromatic carbocycles. The molecule has 1 aliphatic carbocycles. The quantitative estimate of drug-likeness (QED) is 0.907. The molecule has 0 radical (unpaired) electrons. The number of aromatic nitrogens is 2. The van der Waals surface area contributed by atoms with Crippen molar-refractivity contribution in [2.45, 2.75) is 44.6 Å². The summed E-state index contributed by atoms with van der Waals surface area (Å²) in [4.78, 5) is 22.5. The molecule has 7 heteroatoms. The molecule has 0 bridgehead atoms. The highest BCUT2D eigenvalue weighted by Crippen LogP contribution is 2.29. The van der Waals surface area contributed by atoms with Crippen LogP contribution in [0.5, 0.6) is 5.88 Å². The molecule has 3 heterocycles. The van der Waals surface area contributed by atoms with Crippen LogP contribution < -0.4 is 10.1 Å². The highest BCUT2D eigenvalue weighted by molar-refractivity contribution is 7.15. The molecule has 6 nitrogen and oxygen atoms in total. The summed E-state index contributed by atoms with van der Waals surface area (Å²) in [6.07, 6.45) is 7.92. The molecule has 2 aliphatic rings. The van der Waals surface area contributed by atoms with Gasteiger partial charge in [0.05, 0.1) is 24.5 Å². The van der Waals surface area contributed by atoms with E-state index in [1.165, 1.54) is 17.7 Å². The molecule has 0 spiro atoms. The van der Waals surface area contributed by atoms with E-state index in [0.717, 1.165) is 44.6 Å². The lowest BCUT2D eigenvalue weighted by Gasteiger charge is -2.22. The molecule has 132 valence electrons. The second-order valence-electron chi connectivity index (χ2n) is 6.36. The fourth-order valence-corrected chi connectivity index (χ4v) is 4.17. The summed E-state index contributed by atoms with van der Waals surface area (Å²) in [5, 5.41) is 3.57. The Hall–Kier alpha value is -1.99. The largest absolute Gasteiger partial charge is 0.474 e. The summed E-state index contributed by atoms with van der Waals surface area (Å²) in [5.74, 6) is 0.365. The van der Waals surface area contributed by atoms with Gasteiger partial charge in [-0.15, -0.1) is 11.3 Å². The Kier molecular flexibility index (Phi) is 4.94. The molecule has 1 saturated heterocycles. The van der Waals surface area contributed by atoms with Gasteiger partial charge in [-0.2, -0.15) is 0 Å². The first-order valence-electron chi connectivity index (χ1n) is 8.78. The van der Waals surface area contributed by atoms with Gasteiger partial charge in [-0.25, -0.2) is 9.97 Å². The number of thiazole rings is 1. The first kappa shape index (κ1) is 16.5. The molecule has 25 heavy (non-hydrogen) atoms. The van der Waals surface area contributed by atoms with Crippen LogP contribution in [0.25, 0.3) is 0 Å². The van der Waals surface area contributed by atoms with Gasteiger partial charge in [0.2, 0.25) is 5.88 Å². The number of amides is 1. The monoisotopic (exact) mass is 359 g/mol. The average molecular weight is 359 g/mol. The fraction of sp³-hybridized carbons (Fsp3) is 0.500. The summed E-state index contributed by atoms with van der Waals surface area (Å²) in [7, 11) is 0. The molecule has 1 N–H and O–H groups in total. The predicted octanol–water partition coefficient (Wildman–Crippen LogP) is 3.23. The van der Waals surface area contributed by atoms with E-state index < -0.39 is 0 Å². The average Bonchev–Trinajstić information content (AvgIpc) is 3.05. The second kappa shape index (κ2) is 7.49. The van der Waals surface area contributed by atoms with Crippen molar-refractivity contribution in [3.63, 3.8) is 0 Å². The van der Waals surface area contributed by atoms with Gasteiger partial charge in [0.25, 0.3) is 5.91 Å². The van der Waals surface area contributed by atoms with Crippen LogP contribution >= 0.6 is 11.3 Å². The number of aryl methyl sites for hydroxylation is 2. The predicted molar refractivity (Wildman–Crippen MR) is 95.4 cm³/mol. The maximum atomic E-state index is 12.4. The van der Waals surface area contributed by atoms with Crippen molar-refractivity contribution in [2.24, 2.45) is 0 Å². The Bertz CT molecular complexity index is 715. The first-order chi connectivity index (χ1) is 12.3. The van der Waals surface area contributed by atoms with Crippen LogP contribution in [0.2, 0.25) is 0 Å². The molecule has 0 saturated carbocycles. The number of nitrogens with zero attached hydrogens (tertiary/aromatic N) is 2. The SMILES string of the molecule is O=C(Nc1nc2c(s1)CCCC2)c1ccc(OC2CCOCC2)nc1. The summed E-state index contributed by atoms with van der Waals surface area (Å²) in [6.45, 7) is 1.45. The number of fused-ring (bicyclic) bond motifs is 1. The van der Waals surface area contributed by atoms with Crippen molar-refractivity contribution in [1.82, 2.24) is 9.97 Å². The van der Waals surface area contributed by atoms with E-state index in [2.05, 4.69) is 15.3 Å². The van der Waals surface area contributed by atoms with Crippen LogP contribution in [0.1, 0.15) is 46.6 Å². The number of ether oxygens (including phenoxy) is 2. The Morgan fingerprint density at radius 1 is 1.24 bits per heavy atom. The number of nitrogens with one attached hydrogen (secondary N) is 1. The topological polar surface area (TPSA) is 73.3 Å². The maximum absolute atomic E-state index is 12.4. The van der Waals surface area contributed by atoms with E-state index in [9.17, 15) is 4.79 Å². The number of hydrogen-bond donors (Lipinski definition) is 1. The van der Waals surface area contributed by atoms with Crippen molar-refractivity contribution in [3.05, 3.63) is 34.5 Å². The molecule has 4 rings (SSSR count). The number of hydrogen-bond acceptors (Lipinski definition) is 6. The number of carbonyl (C=O) groups is 1. The van der Waals surface area contributed by atoms with E-state index in [-0.39, 0.29) is 12.0 Å². The number of anilines is 1. The van der Waals surface area contributed by atoms with Crippen LogP contribution in [0.4, 0.5) is 5.13 Å². The normalized spacial score (nSPS) is 17.8. The van der Waals surface area contributed by atoms with Crippen LogP contribution in [-0.4, -0.2) is 35.2 Å². The zero-order valence-electron chi connectivity index (χ0n) is 14.0. The Labute approximate surface area is 150 Å². The van der Waals surface area contributed by atoms with Gasteiger partial charge in [0.15, 0.2) is 5.13 Å². The van der Waals surface area contributed by atoms with Crippen LogP contribution in [0.3, 0.4) is 0 Å². The maximum Gasteiger partial charge on any atom is 0.259 e. The third-order valence-corrected chi connectivity index (χ3v) is 5.59. The van der Waals surface area contributed by atoms with E-state index in [4.69, 9.17) is 9.47 Å². The van der Waals surface area contributed by atoms with Crippen molar-refractivity contribution >= 4 is 22.4 Å². The summed E-state index contributed by atoms with van der Waals surface area (Å²) in [5.41, 5.74) is 1.65. The zero-order chi connectivity index (χ0) is 17.1. The smallest absolute Gasteiger partial charge is 0.259 e. The first-order valence-corrected chi connectivity index (χ1v) is 9.60. The van der Waals surface area contributed by atoms with Gasteiger partial charge in [0, 0.05) is 30.0 Å². The third-order valence-electron chi connectivity index (χ3n) is 4.52. The van der Waals surface area contributed by atoms with Crippen molar-refractivity contribution < 1.29 is 14.3 Å². The van der Waals surface area contributed by atoms with Gasteiger partial charge in [-0.3, -0.25) is 10.1 Å². The van der Waals surface area contributed by atoms with Crippen LogP contribution in [0.15, 0.2) is 18.3 Å². The highest BCUT2D eigenvalue weighted by atomic mass is 32.1. The Morgan fingerprint density at radius 2 is 2.08 bits per heavy atom. The summed E-state index contributed by atoms with van der Waals surface area (Å²) >= 11 is 1.58. The minimum absolute atomic E-state index is 0.141. The lowest BCUT2D eigenvalue weighted by atomic mass is 10.0. The standard InChI is InChI=1S/C18H21N3O3S/c22-17(21-18-20-14-3-1-2-4-15(14)25-18)12-5-6-16(19-11-12)24-13-7-9-23-10-8-13/h5-6,11,13H,1-4,7-10H2,(H,20,21,22). The summed E-state index contributed by atoms with van der Waals surface area (Å²) in [6, 6.07) is 3.49. The molecule has 2 aromatic heterocycles. The number of rotatable bonds is 4. The Balaban J connectivity index is 1.37.